The molecule has 0 unspecified atom stereocenters. The molecule has 2 atom stereocenters. The minimum absolute atomic E-state index is 0.155. The van der Waals surface area contributed by atoms with E-state index in [2.05, 4.69) is 4.98 Å². The number of fused-ring (bicyclic) bond motifs is 2. The second-order valence-electron chi connectivity index (χ2n) is 8.27. The fourth-order valence-corrected chi connectivity index (χ4v) is 4.19. The van der Waals surface area contributed by atoms with E-state index in [1.54, 1.807) is 18.2 Å². The number of carbonyl (C=O) groups excluding carboxylic acids is 1. The Hall–Kier alpha value is -3.90. The van der Waals surface area contributed by atoms with Crippen molar-refractivity contribution in [3.63, 3.8) is 0 Å². The highest BCUT2D eigenvalue weighted by Gasteiger charge is 2.30. The van der Waals surface area contributed by atoms with E-state index in [1.807, 2.05) is 60.7 Å². The van der Waals surface area contributed by atoms with Crippen molar-refractivity contribution in [1.29, 1.82) is 0 Å². The largest absolute Gasteiger partial charge is 0.493 e. The van der Waals surface area contributed by atoms with Crippen LogP contribution in [-0.4, -0.2) is 22.6 Å². The summed E-state index contributed by atoms with van der Waals surface area (Å²) < 4.78 is 11.9. The molecule has 1 aliphatic heterocycles. The number of primary amides is 1. The van der Waals surface area contributed by atoms with E-state index in [0.29, 0.717) is 42.3 Å². The van der Waals surface area contributed by atoms with E-state index in [9.17, 15) is 9.90 Å². The van der Waals surface area contributed by atoms with Crippen LogP contribution in [0, 0.1) is 5.92 Å². The normalized spacial score (nSPS) is 17.2. The summed E-state index contributed by atoms with van der Waals surface area (Å²) in [4.78, 5) is 16.1. The lowest BCUT2D eigenvalue weighted by Crippen LogP contribution is -2.27. The fraction of sp³-hybridized carbons (Fsp3) is 0.185. The molecule has 0 fully saturated rings. The van der Waals surface area contributed by atoms with Crippen LogP contribution in [0.5, 0.6) is 11.5 Å². The molecule has 5 rings (SSSR count). The van der Waals surface area contributed by atoms with E-state index in [-0.39, 0.29) is 5.92 Å². The summed E-state index contributed by atoms with van der Waals surface area (Å²) in [6.07, 6.45) is -0.151. The van der Waals surface area contributed by atoms with Gasteiger partial charge in [0.1, 0.15) is 18.1 Å². The maximum absolute atomic E-state index is 11.5. The summed E-state index contributed by atoms with van der Waals surface area (Å²) in [7, 11) is 0. The van der Waals surface area contributed by atoms with Crippen molar-refractivity contribution in [1.82, 2.24) is 4.98 Å². The van der Waals surface area contributed by atoms with Crippen LogP contribution in [-0.2, 0) is 13.0 Å². The third kappa shape index (κ3) is 4.52. The van der Waals surface area contributed by atoms with Crippen LogP contribution in [0.3, 0.4) is 0 Å². The summed E-state index contributed by atoms with van der Waals surface area (Å²) in [5.74, 6) is 0.673. The Labute approximate surface area is 191 Å². The smallest absolute Gasteiger partial charge is 0.248 e. The molecule has 0 saturated heterocycles. The van der Waals surface area contributed by atoms with Crippen molar-refractivity contribution in [3.8, 4) is 11.5 Å². The lowest BCUT2D eigenvalue weighted by molar-refractivity contribution is 0.0504. The first kappa shape index (κ1) is 21.0. The summed E-state index contributed by atoms with van der Waals surface area (Å²) in [6, 6.07) is 24.6. The molecule has 0 saturated carbocycles. The number of rotatable bonds is 6. The van der Waals surface area contributed by atoms with Gasteiger partial charge in [0.15, 0.2) is 0 Å². The Morgan fingerprint density at radius 2 is 1.94 bits per heavy atom. The highest BCUT2D eigenvalue weighted by Crippen LogP contribution is 2.39. The molecule has 1 aromatic heterocycles. The maximum Gasteiger partial charge on any atom is 0.248 e. The van der Waals surface area contributed by atoms with Crippen LogP contribution in [0.15, 0.2) is 78.9 Å². The second kappa shape index (κ2) is 8.92. The number of carbonyl (C=O) groups is 1. The molecular weight excluding hydrogens is 416 g/mol. The number of benzene rings is 3. The quantitative estimate of drug-likeness (QED) is 0.469. The lowest BCUT2D eigenvalue weighted by Gasteiger charge is -2.30. The summed E-state index contributed by atoms with van der Waals surface area (Å²) in [5, 5.41) is 12.1. The van der Waals surface area contributed by atoms with Crippen LogP contribution >= 0.6 is 0 Å². The summed E-state index contributed by atoms with van der Waals surface area (Å²) >= 11 is 0. The predicted molar refractivity (Wildman–Crippen MR) is 125 cm³/mol. The zero-order valence-corrected chi connectivity index (χ0v) is 18.0. The zero-order chi connectivity index (χ0) is 22.8. The molecule has 0 aliphatic carbocycles. The van der Waals surface area contributed by atoms with Gasteiger partial charge in [0.05, 0.1) is 23.9 Å². The van der Waals surface area contributed by atoms with Crippen LogP contribution < -0.4 is 15.2 Å². The van der Waals surface area contributed by atoms with Crippen molar-refractivity contribution < 1.29 is 19.4 Å². The molecule has 6 nitrogen and oxygen atoms in total. The highest BCUT2D eigenvalue weighted by atomic mass is 16.5. The molecule has 0 spiro atoms. The lowest BCUT2D eigenvalue weighted by atomic mass is 9.87. The Kier molecular flexibility index (Phi) is 5.67. The Morgan fingerprint density at radius 3 is 2.82 bits per heavy atom. The van der Waals surface area contributed by atoms with Crippen molar-refractivity contribution in [2.45, 2.75) is 19.1 Å². The van der Waals surface area contributed by atoms with Gasteiger partial charge in [-0.05, 0) is 54.4 Å². The molecule has 3 aromatic carbocycles. The van der Waals surface area contributed by atoms with Gasteiger partial charge in [0.25, 0.3) is 0 Å². The first-order valence-corrected chi connectivity index (χ1v) is 10.9. The van der Waals surface area contributed by atoms with Crippen molar-refractivity contribution in [2.24, 2.45) is 11.7 Å². The number of hydrogen-bond acceptors (Lipinski definition) is 5. The monoisotopic (exact) mass is 440 g/mol. The van der Waals surface area contributed by atoms with E-state index in [4.69, 9.17) is 15.2 Å². The number of para-hydroxylation sites is 1. The summed E-state index contributed by atoms with van der Waals surface area (Å²) in [5.41, 5.74) is 9.22. The first-order valence-electron chi connectivity index (χ1n) is 10.9. The molecule has 1 amide bonds. The van der Waals surface area contributed by atoms with E-state index >= 15 is 0 Å². The van der Waals surface area contributed by atoms with Gasteiger partial charge in [-0.25, -0.2) is 4.98 Å². The number of amides is 1. The Bertz CT molecular complexity index is 1320. The Morgan fingerprint density at radius 1 is 1.06 bits per heavy atom. The number of ether oxygens (including phenoxy) is 2. The predicted octanol–water partition coefficient (Wildman–Crippen LogP) is 4.20. The second-order valence-corrected chi connectivity index (χ2v) is 8.27. The van der Waals surface area contributed by atoms with Crippen LogP contribution in [0.2, 0.25) is 0 Å². The number of aromatic nitrogens is 1. The van der Waals surface area contributed by atoms with Gasteiger partial charge in [-0.2, -0.15) is 0 Å². The minimum Gasteiger partial charge on any atom is -0.493 e. The molecule has 1 aliphatic rings. The highest BCUT2D eigenvalue weighted by molar-refractivity contribution is 5.92. The number of pyridine rings is 1. The SMILES string of the molecule is NC(=O)c1cccc(C[C@@H]2COc3ccc(OCc4ccc5ccccc5n4)cc3[C@@H]2O)c1. The van der Waals surface area contributed by atoms with Gasteiger partial charge in [0.2, 0.25) is 5.91 Å². The van der Waals surface area contributed by atoms with Crippen molar-refractivity contribution in [2.75, 3.05) is 6.61 Å². The van der Waals surface area contributed by atoms with Crippen LogP contribution in [0.25, 0.3) is 10.9 Å². The maximum atomic E-state index is 11.5. The third-order valence-corrected chi connectivity index (χ3v) is 5.95. The minimum atomic E-state index is -0.715. The molecule has 6 heteroatoms. The third-order valence-electron chi connectivity index (χ3n) is 5.95. The average Bonchev–Trinajstić information content (AvgIpc) is 2.84. The standard InChI is InChI=1S/C27H24N2O4/c28-27(31)19-6-3-4-17(12-19)13-20-15-33-25-11-10-22(14-23(25)26(20)30)32-16-21-9-8-18-5-1-2-7-24(18)29-21/h1-12,14,20,26,30H,13,15-16H2,(H2,28,31)/t20-,26-/m1/s1. The number of hydrogen-bond donors (Lipinski definition) is 2. The molecule has 3 N–H and O–H groups in total. The molecule has 0 bridgehead atoms. The molecule has 4 aromatic rings. The average molecular weight is 440 g/mol. The van der Waals surface area contributed by atoms with Crippen LogP contribution in [0.1, 0.15) is 33.3 Å². The van der Waals surface area contributed by atoms with Gasteiger partial charge in [-0.1, -0.05) is 36.4 Å². The van der Waals surface area contributed by atoms with Gasteiger partial charge in [-0.3, -0.25) is 4.79 Å². The zero-order valence-electron chi connectivity index (χ0n) is 18.0. The number of aliphatic hydroxyl groups excluding tert-OH is 1. The summed E-state index contributed by atoms with van der Waals surface area (Å²) in [6.45, 7) is 0.708. The topological polar surface area (TPSA) is 94.7 Å². The molecule has 2 heterocycles. The number of nitrogens with two attached hydrogens (primary N) is 1. The fourth-order valence-electron chi connectivity index (χ4n) is 4.19. The van der Waals surface area contributed by atoms with E-state index in [1.165, 1.54) is 0 Å². The number of aliphatic hydroxyl groups is 1. The Balaban J connectivity index is 1.30. The van der Waals surface area contributed by atoms with Crippen LogP contribution in [0.4, 0.5) is 0 Å². The first-order chi connectivity index (χ1) is 16.1. The number of nitrogens with zero attached hydrogens (tertiary/aromatic N) is 1. The van der Waals surface area contributed by atoms with Gasteiger partial charge < -0.3 is 20.3 Å². The van der Waals surface area contributed by atoms with Gasteiger partial charge >= 0.3 is 0 Å². The molecule has 33 heavy (non-hydrogen) atoms. The van der Waals surface area contributed by atoms with Crippen molar-refractivity contribution >= 4 is 16.8 Å². The molecule has 0 radical (unpaired) electrons. The van der Waals surface area contributed by atoms with Gasteiger partial charge in [0, 0.05) is 22.4 Å². The van der Waals surface area contributed by atoms with E-state index in [0.717, 1.165) is 22.2 Å². The van der Waals surface area contributed by atoms with Crippen molar-refractivity contribution in [3.05, 3.63) is 101 Å². The molecular formula is C27H24N2O4. The van der Waals surface area contributed by atoms with Gasteiger partial charge in [-0.15, -0.1) is 0 Å². The van der Waals surface area contributed by atoms with E-state index < -0.39 is 12.0 Å². The molecule has 166 valence electrons.